The molecule has 1 amide bonds. The van der Waals surface area contributed by atoms with Gasteiger partial charge in [-0.05, 0) is 25.0 Å². The Balaban J connectivity index is 0.00000242. The van der Waals surface area contributed by atoms with Crippen LogP contribution in [0.2, 0.25) is 0 Å². The van der Waals surface area contributed by atoms with Crippen LogP contribution in [0.5, 0.6) is 5.75 Å². The van der Waals surface area contributed by atoms with Crippen molar-refractivity contribution in [3.8, 4) is 5.75 Å². The second-order valence-electron chi connectivity index (χ2n) is 4.98. The van der Waals surface area contributed by atoms with Crippen LogP contribution in [0.3, 0.4) is 0 Å². The molecule has 0 unspecified atom stereocenters. The number of ether oxygens (including phenoxy) is 1. The maximum absolute atomic E-state index is 11.0. The molecule has 1 fully saturated rings. The predicted molar refractivity (Wildman–Crippen MR) is 99.2 cm³/mol. The van der Waals surface area contributed by atoms with Crippen molar-refractivity contribution in [2.75, 3.05) is 25.5 Å². The molecule has 1 aliphatic carbocycles. The summed E-state index contributed by atoms with van der Waals surface area (Å²) < 4.78 is 5.65. The van der Waals surface area contributed by atoms with E-state index in [4.69, 9.17) is 4.74 Å². The summed E-state index contributed by atoms with van der Waals surface area (Å²) in [7, 11) is 1.76. The number of rotatable bonds is 6. The molecule has 0 spiro atoms. The van der Waals surface area contributed by atoms with Crippen molar-refractivity contribution in [2.24, 2.45) is 4.99 Å². The monoisotopic (exact) mass is 418 g/mol. The minimum atomic E-state index is -0.0937. The van der Waals surface area contributed by atoms with E-state index in [0.717, 1.165) is 17.4 Å². The van der Waals surface area contributed by atoms with E-state index >= 15 is 0 Å². The summed E-state index contributed by atoms with van der Waals surface area (Å²) in [6, 6.07) is 7.92. The van der Waals surface area contributed by atoms with Crippen molar-refractivity contribution in [2.45, 2.75) is 25.8 Å². The van der Waals surface area contributed by atoms with E-state index in [9.17, 15) is 4.79 Å². The summed E-state index contributed by atoms with van der Waals surface area (Å²) >= 11 is 0. The van der Waals surface area contributed by atoms with Crippen molar-refractivity contribution < 1.29 is 9.53 Å². The Hall–Kier alpha value is -1.51. The zero-order chi connectivity index (χ0) is 15.1. The summed E-state index contributed by atoms with van der Waals surface area (Å²) in [5.74, 6) is 1.45. The van der Waals surface area contributed by atoms with Gasteiger partial charge in [-0.1, -0.05) is 6.07 Å². The van der Waals surface area contributed by atoms with Gasteiger partial charge in [-0.3, -0.25) is 9.79 Å². The van der Waals surface area contributed by atoms with E-state index in [-0.39, 0.29) is 29.9 Å². The highest BCUT2D eigenvalue weighted by molar-refractivity contribution is 14.0. The first kappa shape index (κ1) is 18.5. The van der Waals surface area contributed by atoms with Crippen molar-refractivity contribution in [3.05, 3.63) is 24.3 Å². The van der Waals surface area contributed by atoms with Crippen LogP contribution in [0.15, 0.2) is 29.3 Å². The van der Waals surface area contributed by atoms with Gasteiger partial charge in [0.25, 0.3) is 0 Å². The number of hydrogen-bond acceptors (Lipinski definition) is 3. The van der Waals surface area contributed by atoms with Gasteiger partial charge in [-0.2, -0.15) is 0 Å². The minimum absolute atomic E-state index is 0. The van der Waals surface area contributed by atoms with Gasteiger partial charge in [0.15, 0.2) is 5.96 Å². The molecule has 0 bridgehead atoms. The van der Waals surface area contributed by atoms with Gasteiger partial charge < -0.3 is 20.7 Å². The molecule has 0 aliphatic heterocycles. The van der Waals surface area contributed by atoms with Gasteiger partial charge in [0, 0.05) is 31.8 Å². The third-order valence-electron chi connectivity index (χ3n) is 2.96. The van der Waals surface area contributed by atoms with Crippen LogP contribution >= 0.6 is 24.0 Å². The molecule has 0 atom stereocenters. The Morgan fingerprint density at radius 3 is 2.82 bits per heavy atom. The highest BCUT2D eigenvalue weighted by Gasteiger charge is 2.21. The Bertz CT molecular complexity index is 518. The summed E-state index contributed by atoms with van der Waals surface area (Å²) in [6.45, 7) is 2.67. The van der Waals surface area contributed by atoms with Crippen LogP contribution in [-0.4, -0.2) is 38.1 Å². The lowest BCUT2D eigenvalue weighted by Gasteiger charge is -2.12. The Kier molecular flexibility index (Phi) is 8.00. The predicted octanol–water partition coefficient (Wildman–Crippen LogP) is 1.97. The molecular weight excluding hydrogens is 395 g/mol. The van der Waals surface area contributed by atoms with Crippen LogP contribution < -0.4 is 20.7 Å². The number of nitrogens with one attached hydrogen (secondary N) is 3. The zero-order valence-electron chi connectivity index (χ0n) is 12.9. The number of carbonyl (C=O) groups is 1. The first-order valence-corrected chi connectivity index (χ1v) is 7.15. The maximum atomic E-state index is 11.0. The minimum Gasteiger partial charge on any atom is -0.492 e. The van der Waals surface area contributed by atoms with Crippen LogP contribution in [0.25, 0.3) is 0 Å². The standard InChI is InChI=1S/C15H22N4O2.HI/c1-11(20)18-13-4-3-5-14(10-13)21-9-8-17-15(16-2)19-12-6-7-12;/h3-5,10,12H,6-9H2,1-2H3,(H,18,20)(H2,16,17,19);1H. The van der Waals surface area contributed by atoms with Gasteiger partial charge in [-0.15, -0.1) is 24.0 Å². The molecule has 1 aliphatic rings. The average Bonchev–Trinajstić information content (AvgIpc) is 3.26. The molecule has 0 heterocycles. The molecule has 0 radical (unpaired) electrons. The summed E-state index contributed by atoms with van der Waals surface area (Å²) in [5.41, 5.74) is 0.735. The van der Waals surface area contributed by atoms with Crippen molar-refractivity contribution in [1.29, 1.82) is 0 Å². The highest BCUT2D eigenvalue weighted by atomic mass is 127. The zero-order valence-corrected chi connectivity index (χ0v) is 15.2. The van der Waals surface area contributed by atoms with Crippen molar-refractivity contribution >= 4 is 41.5 Å². The smallest absolute Gasteiger partial charge is 0.221 e. The van der Waals surface area contributed by atoms with E-state index in [1.54, 1.807) is 13.1 Å². The molecule has 1 aromatic carbocycles. The van der Waals surface area contributed by atoms with E-state index in [1.807, 2.05) is 18.2 Å². The number of carbonyl (C=O) groups excluding carboxylic acids is 1. The second kappa shape index (κ2) is 9.50. The maximum Gasteiger partial charge on any atom is 0.221 e. The third-order valence-corrected chi connectivity index (χ3v) is 2.96. The molecule has 3 N–H and O–H groups in total. The second-order valence-corrected chi connectivity index (χ2v) is 4.98. The van der Waals surface area contributed by atoms with Crippen LogP contribution in [0.1, 0.15) is 19.8 Å². The number of hydrogen-bond donors (Lipinski definition) is 3. The largest absolute Gasteiger partial charge is 0.492 e. The van der Waals surface area contributed by atoms with Gasteiger partial charge >= 0.3 is 0 Å². The molecule has 6 nitrogen and oxygen atoms in total. The first-order valence-electron chi connectivity index (χ1n) is 7.15. The first-order chi connectivity index (χ1) is 10.2. The van der Waals surface area contributed by atoms with E-state index in [0.29, 0.717) is 19.2 Å². The number of nitrogens with zero attached hydrogens (tertiary/aromatic N) is 1. The summed E-state index contributed by atoms with van der Waals surface area (Å²) in [6.07, 6.45) is 2.43. The van der Waals surface area contributed by atoms with Gasteiger partial charge in [0.05, 0.1) is 6.54 Å². The molecule has 122 valence electrons. The quantitative estimate of drug-likeness (QED) is 0.286. The highest BCUT2D eigenvalue weighted by Crippen LogP contribution is 2.18. The van der Waals surface area contributed by atoms with Crippen LogP contribution in [0.4, 0.5) is 5.69 Å². The Labute approximate surface area is 148 Å². The molecule has 0 aromatic heterocycles. The van der Waals surface area contributed by atoms with Crippen molar-refractivity contribution in [3.63, 3.8) is 0 Å². The molecule has 22 heavy (non-hydrogen) atoms. The Morgan fingerprint density at radius 1 is 1.41 bits per heavy atom. The lowest BCUT2D eigenvalue weighted by Crippen LogP contribution is -2.40. The molecule has 1 aromatic rings. The number of aliphatic imine (C=N–C) groups is 1. The lowest BCUT2D eigenvalue weighted by atomic mass is 10.3. The van der Waals surface area contributed by atoms with E-state index in [1.165, 1.54) is 19.8 Å². The Morgan fingerprint density at radius 2 is 2.18 bits per heavy atom. The average molecular weight is 418 g/mol. The number of guanidine groups is 1. The summed E-state index contributed by atoms with van der Waals surface area (Å²) in [5, 5.41) is 9.24. The molecule has 7 heteroatoms. The molecule has 0 saturated heterocycles. The van der Waals surface area contributed by atoms with Crippen LogP contribution in [0, 0.1) is 0 Å². The van der Waals surface area contributed by atoms with Gasteiger partial charge in [-0.25, -0.2) is 0 Å². The number of benzene rings is 1. The fourth-order valence-electron chi connectivity index (χ4n) is 1.82. The van der Waals surface area contributed by atoms with Gasteiger partial charge in [0.1, 0.15) is 12.4 Å². The number of halogens is 1. The fourth-order valence-corrected chi connectivity index (χ4v) is 1.82. The molecular formula is C15H23IN4O2. The number of anilines is 1. The number of amides is 1. The SMILES string of the molecule is CN=C(NCCOc1cccc(NC(C)=O)c1)NC1CC1.I. The third kappa shape index (κ3) is 6.97. The lowest BCUT2D eigenvalue weighted by molar-refractivity contribution is -0.114. The van der Waals surface area contributed by atoms with Gasteiger partial charge in [0.2, 0.25) is 5.91 Å². The molecule has 2 rings (SSSR count). The van der Waals surface area contributed by atoms with Crippen LogP contribution in [-0.2, 0) is 4.79 Å². The van der Waals surface area contributed by atoms with E-state index < -0.39 is 0 Å². The molecule has 1 saturated carbocycles. The summed E-state index contributed by atoms with van der Waals surface area (Å²) in [4.78, 5) is 15.2. The normalized spacial score (nSPS) is 13.8. The van der Waals surface area contributed by atoms with E-state index in [2.05, 4.69) is 20.9 Å². The fraction of sp³-hybridized carbons (Fsp3) is 0.467. The van der Waals surface area contributed by atoms with Crippen molar-refractivity contribution in [1.82, 2.24) is 10.6 Å². The topological polar surface area (TPSA) is 74.8 Å².